The molecular formula is C18H27N3O4. The van der Waals surface area contributed by atoms with Crippen LogP contribution in [0.2, 0.25) is 0 Å². The van der Waals surface area contributed by atoms with Crippen LogP contribution in [-0.2, 0) is 4.74 Å². The summed E-state index contributed by atoms with van der Waals surface area (Å²) in [4.78, 5) is 26.6. The maximum absolute atomic E-state index is 12.2. The number of carbonyl (C=O) groups is 1. The highest BCUT2D eigenvalue weighted by atomic mass is 16.6. The van der Waals surface area contributed by atoms with Gasteiger partial charge < -0.3 is 14.5 Å². The number of rotatable bonds is 3. The van der Waals surface area contributed by atoms with E-state index in [4.69, 9.17) is 4.74 Å². The second kappa shape index (κ2) is 7.29. The van der Waals surface area contributed by atoms with Crippen molar-refractivity contribution in [3.05, 3.63) is 33.9 Å². The number of anilines is 1. The summed E-state index contributed by atoms with van der Waals surface area (Å²) in [5.41, 5.74) is 1.53. The molecule has 0 aliphatic carbocycles. The van der Waals surface area contributed by atoms with Crippen LogP contribution in [0.5, 0.6) is 0 Å². The number of hydrogen-bond acceptors (Lipinski definition) is 5. The van der Waals surface area contributed by atoms with Crippen LogP contribution in [0.15, 0.2) is 18.2 Å². The second-order valence-corrected chi connectivity index (χ2v) is 7.54. The maximum atomic E-state index is 12.2. The third-order valence-corrected chi connectivity index (χ3v) is 4.43. The van der Waals surface area contributed by atoms with Gasteiger partial charge in [0.15, 0.2) is 0 Å². The van der Waals surface area contributed by atoms with Crippen molar-refractivity contribution in [1.82, 2.24) is 4.90 Å². The Hall–Kier alpha value is -2.31. The van der Waals surface area contributed by atoms with Gasteiger partial charge in [-0.3, -0.25) is 10.1 Å². The van der Waals surface area contributed by atoms with E-state index in [2.05, 4.69) is 4.90 Å². The number of aryl methyl sites for hydroxylation is 1. The summed E-state index contributed by atoms with van der Waals surface area (Å²) in [6.45, 7) is 9.07. The van der Waals surface area contributed by atoms with Crippen molar-refractivity contribution in [2.45, 2.75) is 52.2 Å². The number of carbonyl (C=O) groups excluding carboxylic acids is 1. The molecule has 0 saturated carbocycles. The van der Waals surface area contributed by atoms with Gasteiger partial charge in [0.2, 0.25) is 0 Å². The van der Waals surface area contributed by atoms with Crippen molar-refractivity contribution in [3.63, 3.8) is 0 Å². The molecule has 1 fully saturated rings. The quantitative estimate of drug-likeness (QED) is 0.614. The Balaban J connectivity index is 1.97. The highest BCUT2D eigenvalue weighted by molar-refractivity contribution is 5.68. The Morgan fingerprint density at radius 3 is 2.40 bits per heavy atom. The van der Waals surface area contributed by atoms with Gasteiger partial charge in [0.05, 0.1) is 4.92 Å². The molecule has 1 amide bonds. The van der Waals surface area contributed by atoms with Gasteiger partial charge in [0, 0.05) is 44.0 Å². The molecule has 0 atom stereocenters. The summed E-state index contributed by atoms with van der Waals surface area (Å²) in [5.74, 6) is 0. The molecule has 0 spiro atoms. The first-order valence-electron chi connectivity index (χ1n) is 8.54. The van der Waals surface area contributed by atoms with Crippen LogP contribution in [0.25, 0.3) is 0 Å². The Kier molecular flexibility index (Phi) is 5.55. The number of nitro benzene ring substituents is 1. The molecule has 1 aromatic rings. The van der Waals surface area contributed by atoms with Gasteiger partial charge in [0.25, 0.3) is 5.69 Å². The lowest BCUT2D eigenvalue weighted by atomic mass is 10.0. The van der Waals surface area contributed by atoms with Crippen LogP contribution in [0, 0.1) is 17.0 Å². The molecule has 0 unspecified atom stereocenters. The Morgan fingerprint density at radius 1 is 1.32 bits per heavy atom. The number of piperidine rings is 1. The molecule has 1 saturated heterocycles. The van der Waals surface area contributed by atoms with E-state index in [9.17, 15) is 14.9 Å². The van der Waals surface area contributed by atoms with Crippen molar-refractivity contribution < 1.29 is 14.5 Å². The second-order valence-electron chi connectivity index (χ2n) is 7.54. The summed E-state index contributed by atoms with van der Waals surface area (Å²) in [7, 11) is 1.78. The van der Waals surface area contributed by atoms with Gasteiger partial charge in [-0.2, -0.15) is 0 Å². The SMILES string of the molecule is Cc1cc([N+](=O)[O-])ccc1N1CCC(N(C)C(=O)OC(C)(C)C)CC1. The molecule has 1 aromatic carbocycles. The molecule has 7 heteroatoms. The molecule has 0 N–H and O–H groups in total. The molecule has 1 aliphatic heterocycles. The fourth-order valence-corrected chi connectivity index (χ4v) is 3.09. The Labute approximate surface area is 148 Å². The zero-order valence-corrected chi connectivity index (χ0v) is 15.6. The number of nitro groups is 1. The van der Waals surface area contributed by atoms with Gasteiger partial charge >= 0.3 is 6.09 Å². The molecule has 138 valence electrons. The lowest BCUT2D eigenvalue weighted by Crippen LogP contribution is -2.47. The van der Waals surface area contributed by atoms with E-state index in [1.807, 2.05) is 33.8 Å². The lowest BCUT2D eigenvalue weighted by molar-refractivity contribution is -0.384. The summed E-state index contributed by atoms with van der Waals surface area (Å²) in [5, 5.41) is 10.9. The largest absolute Gasteiger partial charge is 0.444 e. The number of nitrogens with zero attached hydrogens (tertiary/aromatic N) is 3. The molecule has 0 radical (unpaired) electrons. The normalized spacial score (nSPS) is 15.8. The Morgan fingerprint density at radius 2 is 1.92 bits per heavy atom. The smallest absolute Gasteiger partial charge is 0.410 e. The summed E-state index contributed by atoms with van der Waals surface area (Å²) in [6, 6.07) is 5.10. The molecule has 0 aromatic heterocycles. The van der Waals surface area contributed by atoms with Gasteiger partial charge in [-0.05, 0) is 52.2 Å². The molecule has 25 heavy (non-hydrogen) atoms. The Bertz CT molecular complexity index is 646. The molecule has 1 aliphatic rings. The fraction of sp³-hybridized carbons (Fsp3) is 0.611. The average Bonchev–Trinajstić information content (AvgIpc) is 2.52. The minimum absolute atomic E-state index is 0.112. The van der Waals surface area contributed by atoms with Crippen molar-refractivity contribution >= 4 is 17.5 Å². The van der Waals surface area contributed by atoms with E-state index in [1.165, 1.54) is 0 Å². The zero-order valence-electron chi connectivity index (χ0n) is 15.6. The maximum Gasteiger partial charge on any atom is 0.410 e. The van der Waals surface area contributed by atoms with Crippen LogP contribution in [0.4, 0.5) is 16.2 Å². The zero-order chi connectivity index (χ0) is 18.8. The van der Waals surface area contributed by atoms with E-state index < -0.39 is 5.60 Å². The highest BCUT2D eigenvalue weighted by Gasteiger charge is 2.29. The fourth-order valence-electron chi connectivity index (χ4n) is 3.09. The lowest BCUT2D eigenvalue weighted by Gasteiger charge is -2.38. The first kappa shape index (κ1) is 19.0. The minimum Gasteiger partial charge on any atom is -0.444 e. The third-order valence-electron chi connectivity index (χ3n) is 4.43. The number of hydrogen-bond donors (Lipinski definition) is 0. The average molecular weight is 349 g/mol. The van der Waals surface area contributed by atoms with Gasteiger partial charge in [-0.1, -0.05) is 0 Å². The predicted molar refractivity (Wildman–Crippen MR) is 97.1 cm³/mol. The molecule has 2 rings (SSSR count). The van der Waals surface area contributed by atoms with E-state index in [0.717, 1.165) is 37.2 Å². The van der Waals surface area contributed by atoms with Gasteiger partial charge in [0.1, 0.15) is 5.60 Å². The number of ether oxygens (including phenoxy) is 1. The molecule has 1 heterocycles. The van der Waals surface area contributed by atoms with E-state index >= 15 is 0 Å². The summed E-state index contributed by atoms with van der Waals surface area (Å²) < 4.78 is 5.43. The minimum atomic E-state index is -0.498. The predicted octanol–water partition coefficient (Wildman–Crippen LogP) is 3.74. The summed E-state index contributed by atoms with van der Waals surface area (Å²) in [6.07, 6.45) is 1.38. The topological polar surface area (TPSA) is 75.9 Å². The number of non-ortho nitro benzene ring substituents is 1. The molecule has 7 nitrogen and oxygen atoms in total. The van der Waals surface area contributed by atoms with Crippen molar-refractivity contribution in [3.8, 4) is 0 Å². The van der Waals surface area contributed by atoms with E-state index in [0.29, 0.717) is 0 Å². The summed E-state index contributed by atoms with van der Waals surface area (Å²) >= 11 is 0. The van der Waals surface area contributed by atoms with E-state index in [-0.39, 0.29) is 22.7 Å². The standard InChI is InChI=1S/C18H27N3O4/c1-13-12-15(21(23)24)6-7-16(13)20-10-8-14(9-11-20)19(5)17(22)25-18(2,3)4/h6-7,12,14H,8-11H2,1-5H3. The monoisotopic (exact) mass is 349 g/mol. The van der Waals surface area contributed by atoms with Crippen LogP contribution in [0.1, 0.15) is 39.2 Å². The molecular weight excluding hydrogens is 322 g/mol. The number of benzene rings is 1. The van der Waals surface area contributed by atoms with Crippen molar-refractivity contribution in [2.24, 2.45) is 0 Å². The first-order valence-corrected chi connectivity index (χ1v) is 8.54. The first-order chi connectivity index (χ1) is 11.6. The van der Waals surface area contributed by atoms with Crippen LogP contribution in [-0.4, -0.2) is 47.7 Å². The highest BCUT2D eigenvalue weighted by Crippen LogP contribution is 2.28. The van der Waals surface area contributed by atoms with Crippen LogP contribution < -0.4 is 4.90 Å². The number of amides is 1. The van der Waals surface area contributed by atoms with Gasteiger partial charge in [-0.15, -0.1) is 0 Å². The van der Waals surface area contributed by atoms with Crippen molar-refractivity contribution in [2.75, 3.05) is 25.0 Å². The van der Waals surface area contributed by atoms with Crippen LogP contribution in [0.3, 0.4) is 0 Å². The van der Waals surface area contributed by atoms with E-state index in [1.54, 1.807) is 24.1 Å². The van der Waals surface area contributed by atoms with Gasteiger partial charge in [-0.25, -0.2) is 4.79 Å². The van der Waals surface area contributed by atoms with Crippen LogP contribution >= 0.6 is 0 Å². The third kappa shape index (κ3) is 4.84. The molecule has 0 bridgehead atoms. The van der Waals surface area contributed by atoms with Crippen molar-refractivity contribution in [1.29, 1.82) is 0 Å².